The maximum Gasteiger partial charge on any atom is 0.171 e. The number of rotatable bonds is 6. The minimum Gasteiger partial charge on any atom is -0.309 e. The molecule has 0 aliphatic rings. The van der Waals surface area contributed by atoms with Crippen LogP contribution in [0.5, 0.6) is 0 Å². The highest BCUT2D eigenvalue weighted by Crippen LogP contribution is 2.44. The van der Waals surface area contributed by atoms with Crippen molar-refractivity contribution in [2.75, 3.05) is 0 Å². The topological polar surface area (TPSA) is 34.9 Å². The molecule has 0 saturated heterocycles. The van der Waals surface area contributed by atoms with Crippen LogP contribution in [0.15, 0.2) is 200 Å². The second-order valence-corrected chi connectivity index (χ2v) is 16.2. The molecule has 8 aromatic carbocycles. The lowest BCUT2D eigenvalue weighted by Crippen LogP contribution is -2.24. The van der Waals surface area contributed by atoms with Gasteiger partial charge in [0, 0.05) is 48.7 Å². The first-order valence-corrected chi connectivity index (χ1v) is 19.6. The van der Waals surface area contributed by atoms with Crippen molar-refractivity contribution in [2.45, 2.75) is 0 Å². The Morgan fingerprint density at radius 1 is 0.396 bits per heavy atom. The lowest BCUT2D eigenvalue weighted by molar-refractivity contribution is 0.592. The van der Waals surface area contributed by atoms with Crippen LogP contribution in [0.4, 0.5) is 0 Å². The highest BCUT2D eigenvalue weighted by molar-refractivity contribution is 7.85. The first kappa shape index (κ1) is 31.2. The molecule has 0 spiro atoms. The zero-order valence-electron chi connectivity index (χ0n) is 28.8. The number of hydrogen-bond acceptors (Lipinski definition) is 2. The molecular formula is C49H33N2OP. The minimum absolute atomic E-state index is 0.814. The van der Waals surface area contributed by atoms with E-state index in [0.717, 1.165) is 65.8 Å². The van der Waals surface area contributed by atoms with Crippen LogP contribution in [0, 0.1) is 0 Å². The van der Waals surface area contributed by atoms with E-state index in [0.29, 0.717) is 0 Å². The number of nitrogens with zero attached hydrogens (tertiary/aromatic N) is 2. The molecule has 10 rings (SSSR count). The Hall–Kier alpha value is -6.54. The van der Waals surface area contributed by atoms with Crippen LogP contribution in [0.1, 0.15) is 0 Å². The van der Waals surface area contributed by atoms with Gasteiger partial charge in [-0.15, -0.1) is 0 Å². The van der Waals surface area contributed by atoms with Gasteiger partial charge in [0.2, 0.25) is 0 Å². The van der Waals surface area contributed by atoms with Crippen molar-refractivity contribution >= 4 is 66.5 Å². The summed E-state index contributed by atoms with van der Waals surface area (Å²) in [6, 6.07) is 68.8. The largest absolute Gasteiger partial charge is 0.309 e. The highest BCUT2D eigenvalue weighted by Gasteiger charge is 2.29. The summed E-state index contributed by atoms with van der Waals surface area (Å²) in [6.07, 6.45) is 0. The van der Waals surface area contributed by atoms with Crippen LogP contribution in [0.2, 0.25) is 0 Å². The molecule has 0 radical (unpaired) electrons. The second kappa shape index (κ2) is 12.6. The minimum atomic E-state index is -3.07. The molecule has 0 fully saturated rings. The van der Waals surface area contributed by atoms with Crippen LogP contribution in [0.3, 0.4) is 0 Å². The van der Waals surface area contributed by atoms with Gasteiger partial charge < -0.3 is 9.13 Å². The first-order valence-electron chi connectivity index (χ1n) is 17.9. The predicted octanol–water partition coefficient (Wildman–Crippen LogP) is 11.5. The fourth-order valence-electron chi connectivity index (χ4n) is 7.99. The smallest absolute Gasteiger partial charge is 0.171 e. The van der Waals surface area contributed by atoms with Crippen LogP contribution in [0.25, 0.3) is 71.6 Å². The second-order valence-electron chi connectivity index (χ2n) is 13.5. The molecule has 250 valence electrons. The fourth-order valence-corrected chi connectivity index (χ4v) is 10.6. The SMILES string of the molecule is O=P(c1ccccc1)(c1ccccc1)c1ccc(-c2ccc3c(c2)nc(-c2ccccc2)c2c3ccc3c2c2ccccc2n3-c2ccccc2)cc1. The molecule has 2 heterocycles. The summed E-state index contributed by atoms with van der Waals surface area (Å²) in [5.74, 6) is 0. The Morgan fingerprint density at radius 3 is 1.62 bits per heavy atom. The van der Waals surface area contributed by atoms with Gasteiger partial charge >= 0.3 is 0 Å². The summed E-state index contributed by atoms with van der Waals surface area (Å²) in [7, 11) is -3.07. The van der Waals surface area contributed by atoms with Crippen molar-refractivity contribution in [1.82, 2.24) is 9.55 Å². The van der Waals surface area contributed by atoms with E-state index in [9.17, 15) is 4.57 Å². The molecule has 0 aliphatic heterocycles. The molecule has 3 nitrogen and oxygen atoms in total. The standard InChI is InChI=1S/C49H33N2OP/c52-53(38-19-9-3-10-20-38,39-21-11-4-12-22-39)40-28-25-34(26-29-40)36-27-30-41-42-31-32-46-47(48(42)49(50-44(41)33-36)35-15-5-1-6-16-35)43-23-13-14-24-45(43)51(46)37-17-7-2-8-18-37/h1-33H. The quantitative estimate of drug-likeness (QED) is 0.128. The number of aromatic nitrogens is 2. The fraction of sp³-hybridized carbons (Fsp3) is 0. The van der Waals surface area contributed by atoms with Crippen LogP contribution < -0.4 is 15.9 Å². The third kappa shape index (κ3) is 5.04. The molecular weight excluding hydrogens is 664 g/mol. The third-order valence-electron chi connectivity index (χ3n) is 10.5. The predicted molar refractivity (Wildman–Crippen MR) is 224 cm³/mol. The molecule has 0 saturated carbocycles. The van der Waals surface area contributed by atoms with E-state index in [1.54, 1.807) is 0 Å². The van der Waals surface area contributed by atoms with Gasteiger partial charge in [-0.3, -0.25) is 0 Å². The molecule has 10 aromatic rings. The molecule has 0 atom stereocenters. The van der Waals surface area contributed by atoms with Gasteiger partial charge in [-0.2, -0.15) is 0 Å². The molecule has 0 bridgehead atoms. The Kier molecular flexibility index (Phi) is 7.42. The van der Waals surface area contributed by atoms with Crippen molar-refractivity contribution in [3.63, 3.8) is 0 Å². The van der Waals surface area contributed by atoms with Gasteiger partial charge in [-0.25, -0.2) is 4.98 Å². The van der Waals surface area contributed by atoms with E-state index in [2.05, 4.69) is 132 Å². The zero-order chi connectivity index (χ0) is 35.4. The van der Waals surface area contributed by atoms with E-state index in [1.165, 1.54) is 21.7 Å². The normalized spacial score (nSPS) is 11.8. The van der Waals surface area contributed by atoms with E-state index >= 15 is 0 Å². The van der Waals surface area contributed by atoms with Gasteiger partial charge in [0.25, 0.3) is 0 Å². The van der Waals surface area contributed by atoms with Gasteiger partial charge in [-0.05, 0) is 46.8 Å². The monoisotopic (exact) mass is 696 g/mol. The number of pyridine rings is 1. The van der Waals surface area contributed by atoms with Crippen LogP contribution >= 0.6 is 7.14 Å². The average Bonchev–Trinajstić information content (AvgIpc) is 3.59. The number of benzene rings is 8. The molecule has 2 aromatic heterocycles. The lowest BCUT2D eigenvalue weighted by Gasteiger charge is -2.20. The lowest BCUT2D eigenvalue weighted by atomic mass is 9.94. The van der Waals surface area contributed by atoms with Gasteiger partial charge in [0.05, 0.1) is 22.2 Å². The molecule has 0 N–H and O–H groups in total. The van der Waals surface area contributed by atoms with Crippen molar-refractivity contribution in [3.05, 3.63) is 200 Å². The maximum atomic E-state index is 15.0. The summed E-state index contributed by atoms with van der Waals surface area (Å²) < 4.78 is 17.3. The Morgan fingerprint density at radius 2 is 0.943 bits per heavy atom. The first-order chi connectivity index (χ1) is 26.2. The highest BCUT2D eigenvalue weighted by atomic mass is 31.2. The third-order valence-corrected chi connectivity index (χ3v) is 13.5. The van der Waals surface area contributed by atoms with E-state index in [-0.39, 0.29) is 0 Å². The number of fused-ring (bicyclic) bond motifs is 7. The van der Waals surface area contributed by atoms with Crippen LogP contribution in [-0.4, -0.2) is 9.55 Å². The number of para-hydroxylation sites is 2. The van der Waals surface area contributed by atoms with Gasteiger partial charge in [0.1, 0.15) is 0 Å². The van der Waals surface area contributed by atoms with Crippen LogP contribution in [-0.2, 0) is 4.57 Å². The summed E-state index contributed by atoms with van der Waals surface area (Å²) in [4.78, 5) is 5.48. The number of hydrogen-bond donors (Lipinski definition) is 0. The summed E-state index contributed by atoms with van der Waals surface area (Å²) >= 11 is 0. The molecule has 0 aliphatic carbocycles. The van der Waals surface area contributed by atoms with Gasteiger partial charge in [0.15, 0.2) is 7.14 Å². The molecule has 4 heteroatoms. The molecule has 53 heavy (non-hydrogen) atoms. The van der Waals surface area contributed by atoms with Crippen molar-refractivity contribution in [1.29, 1.82) is 0 Å². The Bertz CT molecular complexity index is 2950. The summed E-state index contributed by atoms with van der Waals surface area (Å²) in [5, 5.41) is 8.31. The van der Waals surface area contributed by atoms with Crippen molar-refractivity contribution in [3.8, 4) is 28.1 Å². The molecule has 0 amide bonds. The summed E-state index contributed by atoms with van der Waals surface area (Å²) in [6.45, 7) is 0. The Labute approximate surface area is 307 Å². The zero-order valence-corrected chi connectivity index (χ0v) is 29.7. The average molecular weight is 697 g/mol. The van der Waals surface area contributed by atoms with E-state index < -0.39 is 7.14 Å². The van der Waals surface area contributed by atoms with Crippen molar-refractivity contribution in [2.24, 2.45) is 0 Å². The van der Waals surface area contributed by atoms with Crippen molar-refractivity contribution < 1.29 is 4.57 Å². The van der Waals surface area contributed by atoms with Gasteiger partial charge in [-0.1, -0.05) is 170 Å². The van der Waals surface area contributed by atoms with E-state index in [1.807, 2.05) is 72.8 Å². The maximum absolute atomic E-state index is 15.0. The summed E-state index contributed by atoms with van der Waals surface area (Å²) in [5.41, 5.74) is 8.55. The molecule has 0 unspecified atom stereocenters. The van der Waals surface area contributed by atoms with E-state index in [4.69, 9.17) is 4.98 Å². The Balaban J connectivity index is 1.17.